The number of aliphatic hydroxyl groups is 1. The predicted molar refractivity (Wildman–Crippen MR) is 87.2 cm³/mol. The van der Waals surface area contributed by atoms with Crippen LogP contribution >= 0.6 is 0 Å². The highest BCUT2D eigenvalue weighted by molar-refractivity contribution is 5.81. The van der Waals surface area contributed by atoms with Gasteiger partial charge in [-0.05, 0) is 19.9 Å². The number of nitrogens with one attached hydrogen (secondary N) is 1. The van der Waals surface area contributed by atoms with Crippen molar-refractivity contribution in [2.45, 2.75) is 26.5 Å². The highest BCUT2D eigenvalue weighted by Gasteiger charge is 2.21. The van der Waals surface area contributed by atoms with Crippen LogP contribution in [0.25, 0.3) is 10.9 Å². The first-order valence-corrected chi connectivity index (χ1v) is 7.72. The molecule has 1 aromatic carbocycles. The van der Waals surface area contributed by atoms with E-state index in [1.165, 1.54) is 0 Å². The van der Waals surface area contributed by atoms with Gasteiger partial charge < -0.3 is 10.0 Å². The molecular formula is C16H22N4O2. The minimum absolute atomic E-state index is 0.117. The second kappa shape index (κ2) is 6.06. The molecule has 118 valence electrons. The number of anilines is 1. The van der Waals surface area contributed by atoms with E-state index in [-0.39, 0.29) is 12.2 Å². The van der Waals surface area contributed by atoms with Gasteiger partial charge >= 0.3 is 0 Å². The topological polar surface area (TPSA) is 72.5 Å². The Morgan fingerprint density at radius 1 is 1.27 bits per heavy atom. The van der Waals surface area contributed by atoms with Gasteiger partial charge in [0.15, 0.2) is 0 Å². The summed E-state index contributed by atoms with van der Waals surface area (Å²) in [5, 5.41) is 9.98. The molecule has 0 amide bonds. The molecule has 3 rings (SSSR count). The van der Waals surface area contributed by atoms with Crippen LogP contribution in [0.2, 0.25) is 0 Å². The number of rotatable bonds is 3. The van der Waals surface area contributed by atoms with Crippen molar-refractivity contribution in [3.63, 3.8) is 0 Å². The molecule has 1 aliphatic rings. The third-order valence-corrected chi connectivity index (χ3v) is 4.32. The van der Waals surface area contributed by atoms with Crippen molar-refractivity contribution in [1.29, 1.82) is 0 Å². The van der Waals surface area contributed by atoms with Crippen molar-refractivity contribution in [3.8, 4) is 0 Å². The van der Waals surface area contributed by atoms with Crippen LogP contribution in [0.4, 0.5) is 5.95 Å². The van der Waals surface area contributed by atoms with Crippen molar-refractivity contribution in [3.05, 3.63) is 34.1 Å². The van der Waals surface area contributed by atoms with Gasteiger partial charge in [0.1, 0.15) is 0 Å². The summed E-state index contributed by atoms with van der Waals surface area (Å²) in [5.41, 5.74) is 1.13. The van der Waals surface area contributed by atoms with E-state index < -0.39 is 0 Å². The number of fused-ring (bicyclic) bond motifs is 1. The fraction of sp³-hybridized carbons (Fsp3) is 0.500. The lowest BCUT2D eigenvalue weighted by atomic mass is 10.1. The van der Waals surface area contributed by atoms with Crippen LogP contribution in [0.1, 0.15) is 19.4 Å². The van der Waals surface area contributed by atoms with Crippen LogP contribution in [0, 0.1) is 0 Å². The fourth-order valence-corrected chi connectivity index (χ4v) is 2.94. The maximum absolute atomic E-state index is 12.3. The molecule has 0 aliphatic carbocycles. The van der Waals surface area contributed by atoms with E-state index in [1.54, 1.807) is 18.2 Å². The molecule has 1 aliphatic heterocycles. The Labute approximate surface area is 129 Å². The standard InChI is InChI=1S/C16H22N4O2/c1-11(2)19-6-8-20(9-7-19)16-17-14-12(10-21)4-3-5-13(14)15(22)18-16/h3-5,11,21H,6-10H2,1-2H3,(H,17,18,22). The summed E-state index contributed by atoms with van der Waals surface area (Å²) >= 11 is 0. The summed E-state index contributed by atoms with van der Waals surface area (Å²) in [5.74, 6) is 0.599. The Balaban J connectivity index is 1.94. The van der Waals surface area contributed by atoms with Crippen molar-refractivity contribution in [2.75, 3.05) is 31.1 Å². The Hall–Kier alpha value is -1.92. The SMILES string of the molecule is CC(C)N1CCN(c2nc3c(CO)cccc3c(=O)[nH]2)CC1. The molecule has 0 bridgehead atoms. The lowest BCUT2D eigenvalue weighted by Gasteiger charge is -2.37. The van der Waals surface area contributed by atoms with Crippen molar-refractivity contribution < 1.29 is 5.11 Å². The average Bonchev–Trinajstić information content (AvgIpc) is 2.54. The average molecular weight is 302 g/mol. The quantitative estimate of drug-likeness (QED) is 0.883. The Kier molecular flexibility index (Phi) is 4.13. The van der Waals surface area contributed by atoms with Crippen molar-refractivity contribution in [1.82, 2.24) is 14.9 Å². The number of aromatic amines is 1. The molecule has 2 heterocycles. The molecule has 0 saturated carbocycles. The smallest absolute Gasteiger partial charge is 0.260 e. The molecule has 6 nitrogen and oxygen atoms in total. The zero-order valence-electron chi connectivity index (χ0n) is 13.0. The molecule has 2 N–H and O–H groups in total. The molecule has 1 saturated heterocycles. The number of para-hydroxylation sites is 1. The van der Waals surface area contributed by atoms with E-state index >= 15 is 0 Å². The molecular weight excluding hydrogens is 280 g/mol. The van der Waals surface area contributed by atoms with E-state index in [9.17, 15) is 9.90 Å². The van der Waals surface area contributed by atoms with Gasteiger partial charge in [0, 0.05) is 37.8 Å². The van der Waals surface area contributed by atoms with E-state index in [2.05, 4.69) is 33.6 Å². The zero-order chi connectivity index (χ0) is 15.7. The third-order valence-electron chi connectivity index (χ3n) is 4.32. The monoisotopic (exact) mass is 302 g/mol. The number of aliphatic hydroxyl groups excluding tert-OH is 1. The number of hydrogen-bond acceptors (Lipinski definition) is 5. The normalized spacial score (nSPS) is 16.6. The molecule has 0 unspecified atom stereocenters. The van der Waals surface area contributed by atoms with Gasteiger partial charge in [0.25, 0.3) is 5.56 Å². The number of piperazine rings is 1. The van der Waals surface area contributed by atoms with Gasteiger partial charge in [-0.1, -0.05) is 12.1 Å². The number of nitrogens with zero attached hydrogens (tertiary/aromatic N) is 3. The fourth-order valence-electron chi connectivity index (χ4n) is 2.94. The number of aromatic nitrogens is 2. The second-order valence-electron chi connectivity index (χ2n) is 5.98. The molecule has 6 heteroatoms. The molecule has 22 heavy (non-hydrogen) atoms. The van der Waals surface area contributed by atoms with Gasteiger partial charge in [-0.15, -0.1) is 0 Å². The van der Waals surface area contributed by atoms with E-state index in [1.807, 2.05) is 0 Å². The Bertz CT molecular complexity index is 718. The summed E-state index contributed by atoms with van der Waals surface area (Å²) in [6, 6.07) is 5.84. The first-order valence-electron chi connectivity index (χ1n) is 7.72. The minimum Gasteiger partial charge on any atom is -0.392 e. The zero-order valence-corrected chi connectivity index (χ0v) is 13.0. The van der Waals surface area contributed by atoms with Crippen LogP contribution in [0.3, 0.4) is 0 Å². The van der Waals surface area contributed by atoms with Crippen LogP contribution in [0.15, 0.2) is 23.0 Å². The van der Waals surface area contributed by atoms with E-state index in [0.29, 0.717) is 28.5 Å². The molecule has 0 atom stereocenters. The lowest BCUT2D eigenvalue weighted by Crippen LogP contribution is -2.49. The van der Waals surface area contributed by atoms with Crippen molar-refractivity contribution >= 4 is 16.9 Å². The first kappa shape index (κ1) is 15.0. The van der Waals surface area contributed by atoms with E-state index in [0.717, 1.165) is 26.2 Å². The molecule has 2 aromatic rings. The Morgan fingerprint density at radius 2 is 2.00 bits per heavy atom. The van der Waals surface area contributed by atoms with Gasteiger partial charge in [0.05, 0.1) is 17.5 Å². The number of hydrogen-bond donors (Lipinski definition) is 2. The van der Waals surface area contributed by atoms with Crippen molar-refractivity contribution in [2.24, 2.45) is 0 Å². The highest BCUT2D eigenvalue weighted by atomic mass is 16.3. The van der Waals surface area contributed by atoms with Crippen LogP contribution in [0.5, 0.6) is 0 Å². The second-order valence-corrected chi connectivity index (χ2v) is 5.98. The summed E-state index contributed by atoms with van der Waals surface area (Å²) in [6.45, 7) is 7.87. The maximum atomic E-state index is 12.3. The predicted octanol–water partition coefficient (Wildman–Crippen LogP) is 0.946. The van der Waals surface area contributed by atoms with Gasteiger partial charge in [-0.25, -0.2) is 4.98 Å². The third kappa shape index (κ3) is 2.71. The summed E-state index contributed by atoms with van der Waals surface area (Å²) < 4.78 is 0. The van der Waals surface area contributed by atoms with Crippen LogP contribution in [-0.2, 0) is 6.61 Å². The summed E-state index contributed by atoms with van der Waals surface area (Å²) in [7, 11) is 0. The number of benzene rings is 1. The Morgan fingerprint density at radius 3 is 2.64 bits per heavy atom. The highest BCUT2D eigenvalue weighted by Crippen LogP contribution is 2.18. The molecule has 0 radical (unpaired) electrons. The largest absolute Gasteiger partial charge is 0.392 e. The van der Waals surface area contributed by atoms with Crippen LogP contribution in [-0.4, -0.2) is 52.2 Å². The molecule has 0 spiro atoms. The molecule has 1 fully saturated rings. The lowest BCUT2D eigenvalue weighted by molar-refractivity contribution is 0.208. The first-order chi connectivity index (χ1) is 10.6. The van der Waals surface area contributed by atoms with Gasteiger partial charge in [0.2, 0.25) is 5.95 Å². The van der Waals surface area contributed by atoms with Gasteiger partial charge in [-0.3, -0.25) is 14.7 Å². The maximum Gasteiger partial charge on any atom is 0.260 e. The summed E-state index contributed by atoms with van der Waals surface area (Å²) in [6.07, 6.45) is 0. The number of H-pyrrole nitrogens is 1. The van der Waals surface area contributed by atoms with Gasteiger partial charge in [-0.2, -0.15) is 0 Å². The molecule has 1 aromatic heterocycles. The van der Waals surface area contributed by atoms with E-state index in [4.69, 9.17) is 0 Å². The minimum atomic E-state index is -0.151. The summed E-state index contributed by atoms with van der Waals surface area (Å²) in [4.78, 5) is 24.3. The van der Waals surface area contributed by atoms with Crippen LogP contribution < -0.4 is 10.5 Å².